The molecule has 0 saturated heterocycles. The standard InChI is InChI=1S/C8H2F6INO3/c9-7(10,11)3-4(19-8(12,13)14)2(6(17)18)1-16-5(3)15/h1H,(H,17,18). The predicted octanol–water partition coefficient (Wildman–Crippen LogP) is 3.30. The van der Waals surface area contributed by atoms with Gasteiger partial charge in [0.05, 0.1) is 0 Å². The molecule has 11 heteroatoms. The maximum Gasteiger partial charge on any atom is 0.573 e. The molecule has 1 N–H and O–H groups in total. The van der Waals surface area contributed by atoms with Crippen molar-refractivity contribution in [3.63, 3.8) is 0 Å². The number of hydrogen-bond acceptors (Lipinski definition) is 3. The molecule has 1 rings (SSSR count). The zero-order chi connectivity index (χ0) is 15.0. The number of ether oxygens (including phenoxy) is 1. The van der Waals surface area contributed by atoms with Crippen LogP contribution >= 0.6 is 22.6 Å². The van der Waals surface area contributed by atoms with Crippen LogP contribution in [0.15, 0.2) is 6.20 Å². The smallest absolute Gasteiger partial charge is 0.477 e. The number of rotatable bonds is 2. The third kappa shape index (κ3) is 3.84. The SMILES string of the molecule is O=C(O)c1cnc(I)c(C(F)(F)F)c1OC(F)(F)F. The quantitative estimate of drug-likeness (QED) is 0.470. The third-order valence-electron chi connectivity index (χ3n) is 1.72. The van der Waals surface area contributed by atoms with Gasteiger partial charge in [0.1, 0.15) is 14.8 Å². The Labute approximate surface area is 114 Å². The summed E-state index contributed by atoms with van der Waals surface area (Å²) >= 11 is 1.03. The lowest BCUT2D eigenvalue weighted by Gasteiger charge is -2.17. The van der Waals surface area contributed by atoms with E-state index in [9.17, 15) is 31.1 Å². The summed E-state index contributed by atoms with van der Waals surface area (Å²) in [5.41, 5.74) is -3.21. The molecule has 1 heterocycles. The highest BCUT2D eigenvalue weighted by Crippen LogP contribution is 2.42. The van der Waals surface area contributed by atoms with Gasteiger partial charge in [-0.25, -0.2) is 9.78 Å². The summed E-state index contributed by atoms with van der Waals surface area (Å²) in [6, 6.07) is 0. The summed E-state index contributed by atoms with van der Waals surface area (Å²) < 4.78 is 76.5. The van der Waals surface area contributed by atoms with Gasteiger partial charge in [-0.15, -0.1) is 13.2 Å². The van der Waals surface area contributed by atoms with E-state index in [-0.39, 0.29) is 0 Å². The second kappa shape index (κ2) is 5.02. The van der Waals surface area contributed by atoms with Crippen LogP contribution in [0.2, 0.25) is 0 Å². The Morgan fingerprint density at radius 2 is 1.79 bits per heavy atom. The van der Waals surface area contributed by atoms with Crippen molar-refractivity contribution in [1.82, 2.24) is 4.98 Å². The lowest BCUT2D eigenvalue weighted by molar-refractivity contribution is -0.276. The van der Waals surface area contributed by atoms with E-state index in [0.717, 1.165) is 22.6 Å². The molecule has 0 bridgehead atoms. The van der Waals surface area contributed by atoms with Crippen molar-refractivity contribution in [1.29, 1.82) is 0 Å². The van der Waals surface area contributed by atoms with Crippen LogP contribution in [0.25, 0.3) is 0 Å². The van der Waals surface area contributed by atoms with Crippen molar-refractivity contribution < 1.29 is 41.0 Å². The van der Waals surface area contributed by atoms with Gasteiger partial charge in [0, 0.05) is 6.20 Å². The molecule has 0 atom stereocenters. The first kappa shape index (κ1) is 15.8. The van der Waals surface area contributed by atoms with Gasteiger partial charge in [0.25, 0.3) is 0 Å². The van der Waals surface area contributed by atoms with E-state index in [1.54, 1.807) is 0 Å². The average molecular weight is 401 g/mol. The lowest BCUT2D eigenvalue weighted by atomic mass is 10.1. The number of carbonyl (C=O) groups is 1. The van der Waals surface area contributed by atoms with Gasteiger partial charge in [0.15, 0.2) is 5.75 Å². The number of carboxylic acid groups (broad SMARTS) is 1. The Kier molecular flexibility index (Phi) is 4.17. The number of alkyl halides is 6. The zero-order valence-electron chi connectivity index (χ0n) is 8.43. The summed E-state index contributed by atoms with van der Waals surface area (Å²) in [5.74, 6) is -3.85. The highest BCUT2D eigenvalue weighted by molar-refractivity contribution is 14.1. The molecule has 0 spiro atoms. The zero-order valence-corrected chi connectivity index (χ0v) is 10.6. The molecule has 0 unspecified atom stereocenters. The summed E-state index contributed by atoms with van der Waals surface area (Å²) in [4.78, 5) is 13.7. The molecule has 0 radical (unpaired) electrons. The lowest BCUT2D eigenvalue weighted by Crippen LogP contribution is -2.23. The van der Waals surface area contributed by atoms with E-state index in [0.29, 0.717) is 6.20 Å². The van der Waals surface area contributed by atoms with E-state index in [1.165, 1.54) is 0 Å². The Bertz CT molecular complexity index is 512. The molecule has 0 amide bonds. The van der Waals surface area contributed by atoms with Crippen LogP contribution in [0, 0.1) is 3.70 Å². The van der Waals surface area contributed by atoms with Crippen LogP contribution in [0.3, 0.4) is 0 Å². The molecule has 0 aliphatic rings. The Morgan fingerprint density at radius 1 is 1.26 bits per heavy atom. The van der Waals surface area contributed by atoms with E-state index < -0.39 is 39.1 Å². The summed E-state index contributed by atoms with van der Waals surface area (Å²) in [5, 5.41) is 8.59. The Morgan fingerprint density at radius 3 is 2.16 bits per heavy atom. The second-order valence-corrected chi connectivity index (χ2v) is 4.04. The monoisotopic (exact) mass is 401 g/mol. The second-order valence-electron chi connectivity index (χ2n) is 3.02. The van der Waals surface area contributed by atoms with E-state index in [4.69, 9.17) is 5.11 Å². The van der Waals surface area contributed by atoms with Crippen molar-refractivity contribution >= 4 is 28.6 Å². The first-order chi connectivity index (χ1) is 8.43. The van der Waals surface area contributed by atoms with Crippen LogP contribution in [-0.4, -0.2) is 22.4 Å². The molecule has 106 valence electrons. The number of aromatic nitrogens is 1. The molecule has 19 heavy (non-hydrogen) atoms. The van der Waals surface area contributed by atoms with Crippen molar-refractivity contribution in [3.05, 3.63) is 21.0 Å². The van der Waals surface area contributed by atoms with Gasteiger partial charge in [0.2, 0.25) is 0 Å². The van der Waals surface area contributed by atoms with Gasteiger partial charge >= 0.3 is 18.5 Å². The third-order valence-corrected chi connectivity index (χ3v) is 2.53. The fourth-order valence-corrected chi connectivity index (χ4v) is 1.78. The fourth-order valence-electron chi connectivity index (χ4n) is 1.09. The van der Waals surface area contributed by atoms with E-state index in [2.05, 4.69) is 9.72 Å². The summed E-state index contributed by atoms with van der Waals surface area (Å²) in [6.07, 6.45) is -10.3. The van der Waals surface area contributed by atoms with Crippen LogP contribution in [0.5, 0.6) is 5.75 Å². The van der Waals surface area contributed by atoms with Gasteiger partial charge in [-0.1, -0.05) is 0 Å². The molecular formula is C8H2F6INO3. The largest absolute Gasteiger partial charge is 0.573 e. The van der Waals surface area contributed by atoms with E-state index in [1.807, 2.05) is 0 Å². The number of hydrogen-bond donors (Lipinski definition) is 1. The van der Waals surface area contributed by atoms with Gasteiger partial charge in [-0.3, -0.25) is 0 Å². The topological polar surface area (TPSA) is 59.4 Å². The van der Waals surface area contributed by atoms with Crippen LogP contribution in [0.4, 0.5) is 26.3 Å². The summed E-state index contributed by atoms with van der Waals surface area (Å²) in [6.45, 7) is 0. The minimum absolute atomic E-state index is 0.362. The summed E-state index contributed by atoms with van der Waals surface area (Å²) in [7, 11) is 0. The minimum Gasteiger partial charge on any atom is -0.477 e. The van der Waals surface area contributed by atoms with Crippen molar-refractivity contribution in [2.24, 2.45) is 0 Å². The molecular weight excluding hydrogens is 399 g/mol. The number of halogens is 7. The molecule has 1 aromatic heterocycles. The maximum atomic E-state index is 12.6. The highest BCUT2D eigenvalue weighted by atomic mass is 127. The minimum atomic E-state index is -5.46. The van der Waals surface area contributed by atoms with Gasteiger partial charge < -0.3 is 9.84 Å². The van der Waals surface area contributed by atoms with Crippen LogP contribution in [-0.2, 0) is 6.18 Å². The molecule has 0 aliphatic heterocycles. The number of carboxylic acids is 1. The molecule has 0 saturated carbocycles. The van der Waals surface area contributed by atoms with Crippen LogP contribution in [0.1, 0.15) is 15.9 Å². The highest BCUT2D eigenvalue weighted by Gasteiger charge is 2.44. The number of nitrogens with zero attached hydrogens (tertiary/aromatic N) is 1. The number of aromatic carboxylic acids is 1. The maximum absolute atomic E-state index is 12.6. The van der Waals surface area contributed by atoms with Crippen molar-refractivity contribution in [2.45, 2.75) is 12.5 Å². The Balaban J connectivity index is 3.60. The van der Waals surface area contributed by atoms with Gasteiger partial charge in [-0.05, 0) is 22.6 Å². The van der Waals surface area contributed by atoms with Crippen LogP contribution < -0.4 is 4.74 Å². The van der Waals surface area contributed by atoms with E-state index >= 15 is 0 Å². The van der Waals surface area contributed by atoms with Crippen molar-refractivity contribution in [2.75, 3.05) is 0 Å². The normalized spacial score (nSPS) is 12.4. The predicted molar refractivity (Wildman–Crippen MR) is 55.6 cm³/mol. The van der Waals surface area contributed by atoms with Gasteiger partial charge in [-0.2, -0.15) is 13.2 Å². The first-order valence-electron chi connectivity index (χ1n) is 4.18. The molecule has 0 aliphatic carbocycles. The first-order valence-corrected chi connectivity index (χ1v) is 5.26. The number of pyridine rings is 1. The van der Waals surface area contributed by atoms with Crippen molar-refractivity contribution in [3.8, 4) is 5.75 Å². The fraction of sp³-hybridized carbons (Fsp3) is 0.250. The Hall–Kier alpha value is -1.27. The molecule has 0 fully saturated rings. The molecule has 1 aromatic rings. The molecule has 0 aromatic carbocycles. The average Bonchev–Trinajstić information content (AvgIpc) is 2.11. The molecule has 4 nitrogen and oxygen atoms in total.